The van der Waals surface area contributed by atoms with Crippen LogP contribution in [-0.2, 0) is 0 Å². The first-order valence-electron chi connectivity index (χ1n) is 7.33. The number of nitrogens with zero attached hydrogens (tertiary/aromatic N) is 1. The Morgan fingerprint density at radius 3 is 2.43 bits per heavy atom. The molecule has 5 heteroatoms. The van der Waals surface area contributed by atoms with Crippen molar-refractivity contribution in [3.05, 3.63) is 23.8 Å². The monoisotopic (exact) mass is 353 g/mol. The molecule has 2 unspecified atom stereocenters. The lowest BCUT2D eigenvalue weighted by molar-refractivity contribution is 0.0599. The maximum Gasteiger partial charge on any atom is 0.258 e. The van der Waals surface area contributed by atoms with Gasteiger partial charge in [0.05, 0.1) is 19.8 Å². The van der Waals surface area contributed by atoms with E-state index in [0.717, 1.165) is 25.7 Å². The second-order valence-electron chi connectivity index (χ2n) is 5.71. The quantitative estimate of drug-likeness (QED) is 0.783. The van der Waals surface area contributed by atoms with Gasteiger partial charge in [-0.3, -0.25) is 4.79 Å². The van der Waals surface area contributed by atoms with Crippen LogP contribution in [0.2, 0.25) is 0 Å². The number of carbonyl (C=O) groups excluding carboxylic acids is 1. The van der Waals surface area contributed by atoms with Crippen LogP contribution in [0.15, 0.2) is 18.2 Å². The third kappa shape index (κ3) is 2.52. The van der Waals surface area contributed by atoms with Crippen molar-refractivity contribution in [2.75, 3.05) is 14.2 Å². The Morgan fingerprint density at radius 2 is 1.86 bits per heavy atom. The zero-order chi connectivity index (χ0) is 15.0. The minimum absolute atomic E-state index is 0.0673. The number of hydrogen-bond acceptors (Lipinski definition) is 3. The van der Waals surface area contributed by atoms with Crippen molar-refractivity contribution in [1.82, 2.24) is 4.90 Å². The van der Waals surface area contributed by atoms with E-state index in [1.807, 2.05) is 18.2 Å². The van der Waals surface area contributed by atoms with Gasteiger partial charge in [-0.15, -0.1) is 0 Å². The summed E-state index contributed by atoms with van der Waals surface area (Å²) in [6, 6.07) is 6.17. The van der Waals surface area contributed by atoms with E-state index >= 15 is 0 Å². The van der Waals surface area contributed by atoms with Gasteiger partial charge in [0.15, 0.2) is 11.5 Å². The third-order valence-electron chi connectivity index (χ3n) is 4.54. The Labute approximate surface area is 133 Å². The number of carbonyl (C=O) groups is 1. The maximum absolute atomic E-state index is 13.0. The van der Waals surface area contributed by atoms with E-state index in [2.05, 4.69) is 20.8 Å². The molecule has 2 fully saturated rings. The highest BCUT2D eigenvalue weighted by Gasteiger charge is 2.43. The molecule has 4 nitrogen and oxygen atoms in total. The second-order valence-corrected chi connectivity index (χ2v) is 7.00. The summed E-state index contributed by atoms with van der Waals surface area (Å²) in [5.74, 6) is 1.20. The molecule has 2 bridgehead atoms. The van der Waals surface area contributed by atoms with Crippen LogP contribution in [-0.4, -0.2) is 41.9 Å². The molecule has 0 aliphatic carbocycles. The summed E-state index contributed by atoms with van der Waals surface area (Å²) in [4.78, 5) is 15.6. The number of piperidine rings is 1. The molecule has 2 aliphatic rings. The molecule has 1 aromatic rings. The third-order valence-corrected chi connectivity index (χ3v) is 5.29. The fourth-order valence-corrected chi connectivity index (χ4v) is 4.50. The van der Waals surface area contributed by atoms with Crippen molar-refractivity contribution in [1.29, 1.82) is 0 Å². The highest BCUT2D eigenvalue weighted by Crippen LogP contribution is 2.41. The van der Waals surface area contributed by atoms with Gasteiger partial charge in [0.25, 0.3) is 5.91 Å². The molecule has 0 radical (unpaired) electrons. The first kappa shape index (κ1) is 14.7. The fraction of sp³-hybridized carbons (Fsp3) is 0.562. The van der Waals surface area contributed by atoms with Crippen molar-refractivity contribution in [3.8, 4) is 11.5 Å². The summed E-state index contributed by atoms with van der Waals surface area (Å²) in [6.45, 7) is 0. The van der Waals surface area contributed by atoms with Crippen molar-refractivity contribution in [3.63, 3.8) is 0 Å². The number of halogens is 1. The van der Waals surface area contributed by atoms with Gasteiger partial charge in [-0.1, -0.05) is 22.0 Å². The molecule has 114 valence electrons. The van der Waals surface area contributed by atoms with Crippen LogP contribution in [0.3, 0.4) is 0 Å². The lowest BCUT2D eigenvalue weighted by Crippen LogP contribution is -2.46. The van der Waals surface area contributed by atoms with Crippen LogP contribution in [0, 0.1) is 0 Å². The molecule has 1 aromatic carbocycles. The number of hydrogen-bond donors (Lipinski definition) is 0. The van der Waals surface area contributed by atoms with Crippen LogP contribution in [0.25, 0.3) is 0 Å². The first-order valence-corrected chi connectivity index (χ1v) is 8.25. The smallest absolute Gasteiger partial charge is 0.258 e. The van der Waals surface area contributed by atoms with E-state index in [9.17, 15) is 4.79 Å². The number of alkyl halides is 1. The lowest BCUT2D eigenvalue weighted by atomic mass is 10.0. The topological polar surface area (TPSA) is 38.8 Å². The molecule has 0 spiro atoms. The Balaban J connectivity index is 1.93. The molecule has 0 N–H and O–H groups in total. The van der Waals surface area contributed by atoms with Crippen LogP contribution in [0.4, 0.5) is 0 Å². The minimum Gasteiger partial charge on any atom is -0.493 e. The predicted molar refractivity (Wildman–Crippen MR) is 84.5 cm³/mol. The summed E-state index contributed by atoms with van der Waals surface area (Å²) in [5, 5.41) is 0. The fourth-order valence-electron chi connectivity index (χ4n) is 3.64. The number of para-hydroxylation sites is 1. The van der Waals surface area contributed by atoms with Crippen molar-refractivity contribution < 1.29 is 14.3 Å². The molecule has 2 saturated heterocycles. The molecule has 3 rings (SSSR count). The van der Waals surface area contributed by atoms with Crippen molar-refractivity contribution in [2.24, 2.45) is 0 Å². The Bertz CT molecular complexity index is 534. The molecule has 2 heterocycles. The Kier molecular flexibility index (Phi) is 4.11. The normalized spacial score (nSPS) is 27.6. The van der Waals surface area contributed by atoms with Gasteiger partial charge in [0.1, 0.15) is 0 Å². The van der Waals surface area contributed by atoms with Gasteiger partial charge in [0, 0.05) is 16.9 Å². The maximum atomic E-state index is 13.0. The molecular weight excluding hydrogens is 334 g/mol. The molecule has 0 saturated carbocycles. The van der Waals surface area contributed by atoms with E-state index in [0.29, 0.717) is 34.0 Å². The SMILES string of the molecule is COc1cccc(C(=O)N2C3CCC2CC(Br)C3)c1OC. The number of benzene rings is 1. The second kappa shape index (κ2) is 5.87. The number of ether oxygens (including phenoxy) is 2. The molecule has 1 amide bonds. The molecule has 2 aliphatic heterocycles. The Morgan fingerprint density at radius 1 is 1.19 bits per heavy atom. The lowest BCUT2D eigenvalue weighted by Gasteiger charge is -2.37. The number of rotatable bonds is 3. The molecular formula is C16H20BrNO3. The van der Waals surface area contributed by atoms with Crippen LogP contribution in [0.1, 0.15) is 36.0 Å². The zero-order valence-electron chi connectivity index (χ0n) is 12.3. The number of amides is 1. The van der Waals surface area contributed by atoms with Crippen molar-refractivity contribution >= 4 is 21.8 Å². The zero-order valence-corrected chi connectivity index (χ0v) is 13.9. The van der Waals surface area contributed by atoms with Gasteiger partial charge < -0.3 is 14.4 Å². The van der Waals surface area contributed by atoms with Gasteiger partial charge in [-0.25, -0.2) is 0 Å². The van der Waals surface area contributed by atoms with E-state index < -0.39 is 0 Å². The average molecular weight is 354 g/mol. The largest absolute Gasteiger partial charge is 0.493 e. The van der Waals surface area contributed by atoms with Gasteiger partial charge >= 0.3 is 0 Å². The molecule has 21 heavy (non-hydrogen) atoms. The van der Waals surface area contributed by atoms with E-state index in [1.165, 1.54) is 0 Å². The van der Waals surface area contributed by atoms with Crippen LogP contribution in [0.5, 0.6) is 11.5 Å². The number of methoxy groups -OCH3 is 2. The first-order chi connectivity index (χ1) is 10.2. The predicted octanol–water partition coefficient (Wildman–Crippen LogP) is 3.23. The minimum atomic E-state index is 0.0673. The van der Waals surface area contributed by atoms with Crippen LogP contribution >= 0.6 is 15.9 Å². The van der Waals surface area contributed by atoms with Crippen LogP contribution < -0.4 is 9.47 Å². The van der Waals surface area contributed by atoms with Gasteiger partial charge in [-0.05, 0) is 37.8 Å². The summed E-state index contributed by atoms with van der Waals surface area (Å²) in [6.07, 6.45) is 4.28. The van der Waals surface area contributed by atoms with E-state index in [4.69, 9.17) is 9.47 Å². The standard InChI is InChI=1S/C16H20BrNO3/c1-20-14-5-3-4-13(15(14)21-2)16(19)18-11-6-7-12(18)9-10(17)8-11/h3-5,10-12H,6-9H2,1-2H3. The molecule has 2 atom stereocenters. The summed E-state index contributed by atoms with van der Waals surface area (Å²) in [5.41, 5.74) is 0.599. The summed E-state index contributed by atoms with van der Waals surface area (Å²) >= 11 is 3.71. The number of fused-ring (bicyclic) bond motifs is 2. The summed E-state index contributed by atoms with van der Waals surface area (Å²) in [7, 11) is 3.17. The summed E-state index contributed by atoms with van der Waals surface area (Å²) < 4.78 is 10.7. The average Bonchev–Trinajstić information content (AvgIpc) is 2.77. The van der Waals surface area contributed by atoms with Crippen molar-refractivity contribution in [2.45, 2.75) is 42.6 Å². The van der Waals surface area contributed by atoms with Gasteiger partial charge in [0.2, 0.25) is 0 Å². The highest BCUT2D eigenvalue weighted by atomic mass is 79.9. The van der Waals surface area contributed by atoms with E-state index in [-0.39, 0.29) is 5.91 Å². The Hall–Kier alpha value is -1.23. The van der Waals surface area contributed by atoms with E-state index in [1.54, 1.807) is 14.2 Å². The molecule has 0 aromatic heterocycles. The van der Waals surface area contributed by atoms with Gasteiger partial charge in [-0.2, -0.15) is 0 Å². The highest BCUT2D eigenvalue weighted by molar-refractivity contribution is 9.09.